The zero-order chi connectivity index (χ0) is 19.6. The Bertz CT molecular complexity index is 859. The Labute approximate surface area is 166 Å². The summed E-state index contributed by atoms with van der Waals surface area (Å²) >= 11 is 1.03. The summed E-state index contributed by atoms with van der Waals surface area (Å²) < 4.78 is 1.75. The molecule has 0 spiro atoms. The van der Waals surface area contributed by atoms with E-state index < -0.39 is 5.54 Å². The molecule has 2 saturated heterocycles. The first-order valence-electron chi connectivity index (χ1n) is 9.17. The van der Waals surface area contributed by atoms with Crippen LogP contribution in [0.3, 0.4) is 0 Å². The molecule has 0 unspecified atom stereocenters. The van der Waals surface area contributed by atoms with Crippen LogP contribution in [0.5, 0.6) is 0 Å². The summed E-state index contributed by atoms with van der Waals surface area (Å²) in [5.41, 5.74) is 0.803. The van der Waals surface area contributed by atoms with Gasteiger partial charge in [-0.3, -0.25) is 24.0 Å². The number of benzene rings is 1. The van der Waals surface area contributed by atoms with Crippen molar-refractivity contribution in [3.63, 3.8) is 0 Å². The predicted octanol–water partition coefficient (Wildman–Crippen LogP) is 1.80. The number of imide groups is 1. The number of rotatable bonds is 5. The van der Waals surface area contributed by atoms with E-state index in [9.17, 15) is 14.4 Å². The predicted molar refractivity (Wildman–Crippen MR) is 106 cm³/mol. The highest BCUT2D eigenvalue weighted by atomic mass is 32.2. The molecule has 2 aromatic rings. The maximum atomic E-state index is 13.1. The highest BCUT2D eigenvalue weighted by Gasteiger charge is 2.42. The van der Waals surface area contributed by atoms with Gasteiger partial charge in [0.2, 0.25) is 5.91 Å². The Morgan fingerprint density at radius 2 is 1.96 bits per heavy atom. The molecule has 9 heteroatoms. The molecule has 3 amide bonds. The molecule has 0 aliphatic carbocycles. The summed E-state index contributed by atoms with van der Waals surface area (Å²) in [5, 5.41) is 10.4. The second-order valence-electron chi connectivity index (χ2n) is 6.92. The van der Waals surface area contributed by atoms with E-state index in [1.54, 1.807) is 23.0 Å². The lowest BCUT2D eigenvalue weighted by atomic mass is 9.87. The fourth-order valence-electron chi connectivity index (χ4n) is 3.58. The summed E-state index contributed by atoms with van der Waals surface area (Å²) in [6.07, 6.45) is 4.84. The average Bonchev–Trinajstić information content (AvgIpc) is 3.36. The van der Waals surface area contributed by atoms with Gasteiger partial charge in [0.25, 0.3) is 11.1 Å². The number of amides is 3. The van der Waals surface area contributed by atoms with Crippen molar-refractivity contribution in [3.05, 3.63) is 48.3 Å². The number of carbonyl (C=O) groups is 3. The molecule has 146 valence electrons. The number of piperidine rings is 1. The SMILES string of the molecule is O=C1CSC(=O)N1Cc1ccc(NC(=O)C2(n3cccn3)CCNCC2)cc1. The second kappa shape index (κ2) is 7.76. The molecule has 0 atom stereocenters. The molecule has 0 saturated carbocycles. The Kier molecular flexibility index (Phi) is 5.19. The quantitative estimate of drug-likeness (QED) is 0.796. The van der Waals surface area contributed by atoms with Crippen LogP contribution in [0.15, 0.2) is 42.7 Å². The maximum absolute atomic E-state index is 13.1. The summed E-state index contributed by atoms with van der Waals surface area (Å²) in [4.78, 5) is 37.8. The van der Waals surface area contributed by atoms with Crippen molar-refractivity contribution in [1.82, 2.24) is 20.0 Å². The monoisotopic (exact) mass is 399 g/mol. The summed E-state index contributed by atoms with van der Waals surface area (Å²) in [6.45, 7) is 1.76. The average molecular weight is 399 g/mol. The summed E-state index contributed by atoms with van der Waals surface area (Å²) in [7, 11) is 0. The standard InChI is InChI=1S/C19H21N5O3S/c25-16-13-28-18(27)23(16)12-14-2-4-15(5-3-14)22-17(26)19(6-9-20-10-7-19)24-11-1-8-21-24/h1-5,8,11,20H,6-7,9-10,12-13H2,(H,22,26). The van der Waals surface area contributed by atoms with E-state index in [0.717, 1.165) is 30.4 Å². The van der Waals surface area contributed by atoms with Gasteiger partial charge in [0.05, 0.1) is 12.3 Å². The maximum Gasteiger partial charge on any atom is 0.289 e. The third-order valence-corrected chi connectivity index (χ3v) is 6.05. The smallest absolute Gasteiger partial charge is 0.289 e. The molecule has 2 aliphatic rings. The number of anilines is 1. The molecule has 4 rings (SSSR count). The Morgan fingerprint density at radius 3 is 2.57 bits per heavy atom. The molecule has 2 N–H and O–H groups in total. The number of nitrogens with zero attached hydrogens (tertiary/aromatic N) is 3. The van der Waals surface area contributed by atoms with Crippen molar-refractivity contribution in [2.75, 3.05) is 24.2 Å². The fourth-order valence-corrected chi connectivity index (χ4v) is 4.30. The zero-order valence-electron chi connectivity index (χ0n) is 15.3. The van der Waals surface area contributed by atoms with Gasteiger partial charge in [-0.1, -0.05) is 23.9 Å². The molecule has 2 fully saturated rings. The number of nitrogens with one attached hydrogen (secondary N) is 2. The van der Waals surface area contributed by atoms with Crippen molar-refractivity contribution < 1.29 is 14.4 Å². The number of hydrogen-bond donors (Lipinski definition) is 2. The van der Waals surface area contributed by atoms with E-state index >= 15 is 0 Å². The first kappa shape index (κ1) is 18.7. The molecular weight excluding hydrogens is 378 g/mol. The van der Waals surface area contributed by atoms with Crippen LogP contribution in [-0.2, 0) is 21.7 Å². The Morgan fingerprint density at radius 1 is 1.21 bits per heavy atom. The van der Waals surface area contributed by atoms with E-state index in [4.69, 9.17) is 0 Å². The van der Waals surface area contributed by atoms with Gasteiger partial charge >= 0.3 is 0 Å². The molecule has 1 aromatic heterocycles. The normalized spacial score (nSPS) is 19.1. The van der Waals surface area contributed by atoms with Crippen molar-refractivity contribution in [1.29, 1.82) is 0 Å². The Hall–Kier alpha value is -2.65. The molecule has 3 heterocycles. The third kappa shape index (κ3) is 3.55. The van der Waals surface area contributed by atoms with Crippen LogP contribution in [0.1, 0.15) is 18.4 Å². The van der Waals surface area contributed by atoms with Crippen LogP contribution in [0.2, 0.25) is 0 Å². The van der Waals surface area contributed by atoms with Gasteiger partial charge in [-0.25, -0.2) is 0 Å². The van der Waals surface area contributed by atoms with Crippen LogP contribution in [-0.4, -0.2) is 50.6 Å². The van der Waals surface area contributed by atoms with Gasteiger partial charge in [-0.15, -0.1) is 0 Å². The Balaban J connectivity index is 1.47. The molecule has 28 heavy (non-hydrogen) atoms. The topological polar surface area (TPSA) is 96.3 Å². The molecular formula is C19H21N5O3S. The second-order valence-corrected chi connectivity index (χ2v) is 7.84. The zero-order valence-corrected chi connectivity index (χ0v) is 16.1. The van der Waals surface area contributed by atoms with Crippen LogP contribution in [0.4, 0.5) is 10.5 Å². The lowest BCUT2D eigenvalue weighted by Gasteiger charge is -2.36. The largest absolute Gasteiger partial charge is 0.324 e. The van der Waals surface area contributed by atoms with Gasteiger partial charge in [0.15, 0.2) is 0 Å². The molecule has 0 bridgehead atoms. The van der Waals surface area contributed by atoms with Gasteiger partial charge in [-0.05, 0) is 49.7 Å². The summed E-state index contributed by atoms with van der Waals surface area (Å²) in [6, 6.07) is 9.06. The van der Waals surface area contributed by atoms with Gasteiger partial charge in [-0.2, -0.15) is 5.10 Å². The van der Waals surface area contributed by atoms with Crippen LogP contribution in [0.25, 0.3) is 0 Å². The number of thioether (sulfide) groups is 1. The minimum atomic E-state index is -0.709. The van der Waals surface area contributed by atoms with Crippen molar-refractivity contribution in [2.24, 2.45) is 0 Å². The van der Waals surface area contributed by atoms with Crippen LogP contribution >= 0.6 is 11.8 Å². The van der Waals surface area contributed by atoms with E-state index in [1.165, 1.54) is 4.90 Å². The lowest BCUT2D eigenvalue weighted by Crippen LogP contribution is -2.52. The first-order chi connectivity index (χ1) is 13.6. The van der Waals surface area contributed by atoms with E-state index in [-0.39, 0.29) is 29.4 Å². The van der Waals surface area contributed by atoms with Crippen LogP contribution in [0, 0.1) is 0 Å². The number of aromatic nitrogens is 2. The van der Waals surface area contributed by atoms with Gasteiger partial charge in [0, 0.05) is 18.1 Å². The molecule has 8 nitrogen and oxygen atoms in total. The van der Waals surface area contributed by atoms with Gasteiger partial charge < -0.3 is 10.6 Å². The highest BCUT2D eigenvalue weighted by molar-refractivity contribution is 8.14. The fraction of sp³-hybridized carbons (Fsp3) is 0.368. The lowest BCUT2D eigenvalue weighted by molar-refractivity contribution is -0.126. The highest BCUT2D eigenvalue weighted by Crippen LogP contribution is 2.29. The number of hydrogen-bond acceptors (Lipinski definition) is 6. The molecule has 1 aromatic carbocycles. The minimum absolute atomic E-state index is 0.0910. The van der Waals surface area contributed by atoms with Crippen molar-refractivity contribution in [2.45, 2.75) is 24.9 Å². The third-order valence-electron chi connectivity index (χ3n) is 5.19. The van der Waals surface area contributed by atoms with E-state index in [2.05, 4.69) is 15.7 Å². The summed E-state index contributed by atoms with van der Waals surface area (Å²) in [5.74, 6) is -0.0525. The van der Waals surface area contributed by atoms with E-state index in [1.807, 2.05) is 24.4 Å². The molecule has 0 radical (unpaired) electrons. The van der Waals surface area contributed by atoms with Gasteiger partial charge in [0.1, 0.15) is 5.54 Å². The first-order valence-corrected chi connectivity index (χ1v) is 10.2. The number of carbonyl (C=O) groups excluding carboxylic acids is 3. The van der Waals surface area contributed by atoms with E-state index in [0.29, 0.717) is 18.5 Å². The van der Waals surface area contributed by atoms with Crippen LogP contribution < -0.4 is 10.6 Å². The minimum Gasteiger partial charge on any atom is -0.324 e. The van der Waals surface area contributed by atoms with Crippen molar-refractivity contribution in [3.8, 4) is 0 Å². The molecule has 2 aliphatic heterocycles. The van der Waals surface area contributed by atoms with Crippen molar-refractivity contribution >= 4 is 34.5 Å².